The zero-order valence-electron chi connectivity index (χ0n) is 16.9. The molecule has 0 unspecified atom stereocenters. The van der Waals surface area contributed by atoms with E-state index in [1.54, 1.807) is 0 Å². The molecule has 27 heavy (non-hydrogen) atoms. The number of nitrogens with zero attached hydrogens (tertiary/aromatic N) is 4. The van der Waals surface area contributed by atoms with Crippen molar-refractivity contribution in [3.05, 3.63) is 35.9 Å². The van der Waals surface area contributed by atoms with Crippen molar-refractivity contribution in [1.29, 1.82) is 0 Å². The molecule has 4 rings (SSSR count). The van der Waals surface area contributed by atoms with Crippen LogP contribution in [0, 0.1) is 5.41 Å². The molecule has 0 aromatic heterocycles. The van der Waals surface area contributed by atoms with Crippen LogP contribution in [0.5, 0.6) is 0 Å². The Labute approximate surface area is 163 Å². The van der Waals surface area contributed by atoms with Gasteiger partial charge in [-0.2, -0.15) is 0 Å². The molecule has 3 fully saturated rings. The molecule has 0 bridgehead atoms. The fraction of sp³-hybridized carbons (Fsp3) is 0.682. The number of hydrogen-bond acceptors (Lipinski definition) is 3. The minimum atomic E-state index is 0.265. The maximum Gasteiger partial charge on any atom is 0.320 e. The Morgan fingerprint density at radius 3 is 2.19 bits per heavy atom. The molecule has 0 radical (unpaired) electrons. The molecule has 148 valence electrons. The van der Waals surface area contributed by atoms with E-state index in [1.165, 1.54) is 18.5 Å². The molecular formula is C22H34N4O. The van der Waals surface area contributed by atoms with E-state index in [2.05, 4.69) is 64.0 Å². The maximum atomic E-state index is 12.9. The lowest BCUT2D eigenvalue weighted by molar-refractivity contribution is 0.0266. The lowest BCUT2D eigenvalue weighted by Crippen LogP contribution is -2.56. The van der Waals surface area contributed by atoms with Crippen LogP contribution in [0.1, 0.15) is 30.7 Å². The monoisotopic (exact) mass is 370 g/mol. The van der Waals surface area contributed by atoms with Gasteiger partial charge in [-0.1, -0.05) is 30.3 Å². The van der Waals surface area contributed by atoms with Crippen LogP contribution in [0.4, 0.5) is 4.79 Å². The molecule has 5 nitrogen and oxygen atoms in total. The molecule has 1 spiro atoms. The molecule has 3 aliphatic heterocycles. The number of likely N-dealkylation sites (N-methyl/N-ethyl adjacent to an activating group) is 2. The Morgan fingerprint density at radius 2 is 1.52 bits per heavy atom. The number of piperazine rings is 1. The van der Waals surface area contributed by atoms with Gasteiger partial charge in [0, 0.05) is 52.4 Å². The highest BCUT2D eigenvalue weighted by atomic mass is 16.2. The summed E-state index contributed by atoms with van der Waals surface area (Å²) in [5, 5.41) is 0. The van der Waals surface area contributed by atoms with Crippen molar-refractivity contribution in [3.8, 4) is 0 Å². The van der Waals surface area contributed by atoms with Gasteiger partial charge in [0.15, 0.2) is 0 Å². The molecule has 0 N–H and O–H groups in total. The lowest BCUT2D eigenvalue weighted by atomic mass is 9.68. The summed E-state index contributed by atoms with van der Waals surface area (Å²) in [7, 11) is 4.40. The Hall–Kier alpha value is -1.59. The van der Waals surface area contributed by atoms with Gasteiger partial charge >= 0.3 is 6.03 Å². The van der Waals surface area contributed by atoms with E-state index in [1.807, 2.05) is 0 Å². The second kappa shape index (κ2) is 7.80. The van der Waals surface area contributed by atoms with Gasteiger partial charge < -0.3 is 19.6 Å². The summed E-state index contributed by atoms with van der Waals surface area (Å²) in [5.74, 6) is 0.616. The molecule has 0 saturated carbocycles. The quantitative estimate of drug-likeness (QED) is 0.761. The number of rotatable bonds is 1. The minimum Gasteiger partial charge on any atom is -0.325 e. The van der Waals surface area contributed by atoms with Crippen LogP contribution in [0.2, 0.25) is 0 Å². The second-order valence-electron chi connectivity index (χ2n) is 9.07. The third kappa shape index (κ3) is 4.14. The largest absolute Gasteiger partial charge is 0.325 e. The highest BCUT2D eigenvalue weighted by molar-refractivity contribution is 5.74. The van der Waals surface area contributed by atoms with Gasteiger partial charge in [0.25, 0.3) is 0 Å². The summed E-state index contributed by atoms with van der Waals surface area (Å²) in [6.07, 6.45) is 3.54. The van der Waals surface area contributed by atoms with Crippen LogP contribution in [-0.4, -0.2) is 92.1 Å². The highest BCUT2D eigenvalue weighted by Gasteiger charge is 2.42. The number of carbonyl (C=O) groups excluding carboxylic acids is 1. The second-order valence-corrected chi connectivity index (χ2v) is 9.07. The Balaban J connectivity index is 1.38. The van der Waals surface area contributed by atoms with E-state index in [9.17, 15) is 4.79 Å². The molecule has 3 saturated heterocycles. The number of piperidine rings is 2. The molecule has 1 atom stereocenters. The van der Waals surface area contributed by atoms with Crippen molar-refractivity contribution in [2.45, 2.75) is 25.2 Å². The van der Waals surface area contributed by atoms with Gasteiger partial charge in [0.1, 0.15) is 0 Å². The topological polar surface area (TPSA) is 30.0 Å². The zero-order chi connectivity index (χ0) is 18.9. The van der Waals surface area contributed by atoms with E-state index >= 15 is 0 Å². The molecule has 5 heteroatoms. The maximum absolute atomic E-state index is 12.9. The minimum absolute atomic E-state index is 0.265. The van der Waals surface area contributed by atoms with E-state index in [0.717, 1.165) is 58.7 Å². The first-order valence-electron chi connectivity index (χ1n) is 10.5. The molecule has 1 aromatic carbocycles. The molecule has 1 aromatic rings. The molecular weight excluding hydrogens is 336 g/mol. The van der Waals surface area contributed by atoms with E-state index < -0.39 is 0 Å². The summed E-state index contributed by atoms with van der Waals surface area (Å²) in [6.45, 7) is 7.88. The third-order valence-electron chi connectivity index (χ3n) is 6.96. The van der Waals surface area contributed by atoms with Crippen molar-refractivity contribution in [1.82, 2.24) is 19.6 Å². The molecule has 0 aliphatic carbocycles. The molecule has 2 amide bonds. The van der Waals surface area contributed by atoms with Gasteiger partial charge in [-0.15, -0.1) is 0 Å². The van der Waals surface area contributed by atoms with Crippen LogP contribution < -0.4 is 0 Å². The number of amides is 2. The lowest BCUT2D eigenvalue weighted by Gasteiger charge is -2.50. The van der Waals surface area contributed by atoms with Gasteiger partial charge in [0.2, 0.25) is 0 Å². The molecule has 3 heterocycles. The van der Waals surface area contributed by atoms with Crippen LogP contribution >= 0.6 is 0 Å². The number of carbonyl (C=O) groups is 1. The Bertz CT molecular complexity index is 633. The van der Waals surface area contributed by atoms with Gasteiger partial charge in [0.05, 0.1) is 0 Å². The predicted octanol–water partition coefficient (Wildman–Crippen LogP) is 2.56. The van der Waals surface area contributed by atoms with Crippen molar-refractivity contribution in [2.24, 2.45) is 5.41 Å². The summed E-state index contributed by atoms with van der Waals surface area (Å²) in [6, 6.07) is 11.3. The van der Waals surface area contributed by atoms with Crippen molar-refractivity contribution in [3.63, 3.8) is 0 Å². The van der Waals surface area contributed by atoms with Crippen LogP contribution in [0.25, 0.3) is 0 Å². The van der Waals surface area contributed by atoms with Crippen LogP contribution in [0.3, 0.4) is 0 Å². The standard InChI is InChI=1S/C22H34N4O/c1-23-12-14-26(15-13-23)21(27)25-10-8-22(9-11-25)16-20(17-24(2)18-22)19-6-4-3-5-7-19/h3-7,20H,8-18H2,1-2H3/t20-/m1/s1. The summed E-state index contributed by atoms with van der Waals surface area (Å²) < 4.78 is 0. The first-order valence-corrected chi connectivity index (χ1v) is 10.5. The van der Waals surface area contributed by atoms with Gasteiger partial charge in [-0.05, 0) is 50.3 Å². The number of urea groups is 1. The zero-order valence-corrected chi connectivity index (χ0v) is 16.9. The number of likely N-dealkylation sites (tertiary alicyclic amines) is 2. The van der Waals surface area contributed by atoms with Gasteiger partial charge in [-0.3, -0.25) is 0 Å². The average Bonchev–Trinajstić information content (AvgIpc) is 2.69. The van der Waals surface area contributed by atoms with E-state index in [-0.39, 0.29) is 6.03 Å². The molecule has 3 aliphatic rings. The number of benzene rings is 1. The van der Waals surface area contributed by atoms with Crippen LogP contribution in [-0.2, 0) is 0 Å². The Kier molecular flexibility index (Phi) is 5.42. The Morgan fingerprint density at radius 1 is 0.889 bits per heavy atom. The number of hydrogen-bond donors (Lipinski definition) is 0. The summed E-state index contributed by atoms with van der Waals surface area (Å²) >= 11 is 0. The van der Waals surface area contributed by atoms with Crippen molar-refractivity contribution < 1.29 is 4.79 Å². The predicted molar refractivity (Wildman–Crippen MR) is 109 cm³/mol. The smallest absolute Gasteiger partial charge is 0.320 e. The average molecular weight is 371 g/mol. The highest BCUT2D eigenvalue weighted by Crippen LogP contribution is 2.44. The summed E-state index contributed by atoms with van der Waals surface area (Å²) in [5.41, 5.74) is 1.84. The fourth-order valence-electron chi connectivity index (χ4n) is 5.35. The third-order valence-corrected chi connectivity index (χ3v) is 6.96. The van der Waals surface area contributed by atoms with Crippen molar-refractivity contribution in [2.75, 3.05) is 66.5 Å². The first kappa shape index (κ1) is 18.8. The first-order chi connectivity index (χ1) is 13.0. The van der Waals surface area contributed by atoms with Gasteiger partial charge in [-0.25, -0.2) is 4.79 Å². The van der Waals surface area contributed by atoms with E-state index in [4.69, 9.17) is 0 Å². The van der Waals surface area contributed by atoms with E-state index in [0.29, 0.717) is 11.3 Å². The fourth-order valence-corrected chi connectivity index (χ4v) is 5.35. The van der Waals surface area contributed by atoms with Crippen molar-refractivity contribution >= 4 is 6.03 Å². The van der Waals surface area contributed by atoms with Crippen LogP contribution in [0.15, 0.2) is 30.3 Å². The SMILES string of the molecule is CN1CCN(C(=O)N2CCC3(CC2)C[C@@H](c2ccccc2)CN(C)C3)CC1. The summed E-state index contributed by atoms with van der Waals surface area (Å²) in [4.78, 5) is 21.9. The normalized spacial score (nSPS) is 27.1.